The van der Waals surface area contributed by atoms with Crippen LogP contribution in [-0.2, 0) is 6.54 Å². The van der Waals surface area contributed by atoms with Crippen molar-refractivity contribution < 1.29 is 4.92 Å². The fourth-order valence-corrected chi connectivity index (χ4v) is 1.62. The summed E-state index contributed by atoms with van der Waals surface area (Å²) in [6.07, 6.45) is 0. The average Bonchev–Trinajstić information content (AvgIpc) is 2.31. The maximum atomic E-state index is 10.7. The predicted molar refractivity (Wildman–Crippen MR) is 73.1 cm³/mol. The van der Waals surface area contributed by atoms with E-state index in [1.807, 2.05) is 0 Å². The number of hydrogen-bond donors (Lipinski definition) is 1. The van der Waals surface area contributed by atoms with Crippen molar-refractivity contribution in [1.82, 2.24) is 5.32 Å². The molecular weight excluding hydrogens is 300 g/mol. The Kier molecular flexibility index (Phi) is 5.19. The third-order valence-corrected chi connectivity index (χ3v) is 3.00. The van der Waals surface area contributed by atoms with Gasteiger partial charge in [-0.3, -0.25) is 15.1 Å². The second kappa shape index (κ2) is 6.22. The number of alkyl halides is 2. The highest BCUT2D eigenvalue weighted by molar-refractivity contribution is 6.57. The van der Waals surface area contributed by atoms with Crippen molar-refractivity contribution in [2.45, 2.75) is 11.0 Å². The van der Waals surface area contributed by atoms with Gasteiger partial charge in [0.2, 0.25) is 5.84 Å². The first-order chi connectivity index (χ1) is 8.37. The number of halogens is 3. The quantitative estimate of drug-likeness (QED) is 0.232. The molecule has 1 rings (SSSR count). The third-order valence-electron chi connectivity index (χ3n) is 2.11. The SMILES string of the molecule is CN=C(NCc1ccc(Cl)cc1)C(Cl)(Cl)[N+](=O)[O-]. The monoisotopic (exact) mass is 309 g/mol. The van der Waals surface area contributed by atoms with Gasteiger partial charge in [-0.25, -0.2) is 0 Å². The first-order valence-corrected chi connectivity index (χ1v) is 5.99. The second-order valence-electron chi connectivity index (χ2n) is 3.35. The van der Waals surface area contributed by atoms with Gasteiger partial charge in [0, 0.05) is 18.6 Å². The highest BCUT2D eigenvalue weighted by Gasteiger charge is 2.44. The minimum Gasteiger partial charge on any atom is -0.361 e. The minimum absolute atomic E-state index is 0.120. The van der Waals surface area contributed by atoms with Gasteiger partial charge in [0.1, 0.15) is 0 Å². The summed E-state index contributed by atoms with van der Waals surface area (Å²) in [5.41, 5.74) is 0.869. The van der Waals surface area contributed by atoms with Gasteiger partial charge in [-0.1, -0.05) is 23.7 Å². The maximum absolute atomic E-state index is 10.7. The third kappa shape index (κ3) is 3.73. The van der Waals surface area contributed by atoms with Crippen LogP contribution in [0, 0.1) is 10.1 Å². The Hall–Kier alpha value is -1.04. The molecule has 8 heteroatoms. The van der Waals surface area contributed by atoms with Gasteiger partial charge in [0.25, 0.3) is 0 Å². The second-order valence-corrected chi connectivity index (χ2v) is 5.07. The van der Waals surface area contributed by atoms with E-state index < -0.39 is 9.38 Å². The fraction of sp³-hybridized carbons (Fsp3) is 0.300. The summed E-state index contributed by atoms with van der Waals surface area (Å²) in [5.74, 6) is -0.120. The molecule has 0 amide bonds. The number of rotatable bonds is 4. The van der Waals surface area contributed by atoms with Gasteiger partial charge in [-0.2, -0.15) is 0 Å². The van der Waals surface area contributed by atoms with Crippen molar-refractivity contribution >= 4 is 40.6 Å². The fourth-order valence-electron chi connectivity index (χ4n) is 1.19. The molecule has 1 N–H and O–H groups in total. The standard InChI is InChI=1S/C10H10Cl3N3O2/c1-14-9(10(12,13)16(17)18)15-6-7-2-4-8(11)5-3-7/h2-5H,6H2,1H3,(H,14,15). The van der Waals surface area contributed by atoms with Crippen molar-refractivity contribution in [3.05, 3.63) is 45.0 Å². The molecule has 98 valence electrons. The van der Waals surface area contributed by atoms with Crippen LogP contribution in [0.5, 0.6) is 0 Å². The molecule has 0 aliphatic heterocycles. The van der Waals surface area contributed by atoms with Crippen LogP contribution in [0.3, 0.4) is 0 Å². The largest absolute Gasteiger partial charge is 0.427 e. The van der Waals surface area contributed by atoms with Crippen LogP contribution < -0.4 is 5.32 Å². The molecule has 0 aliphatic carbocycles. The van der Waals surface area contributed by atoms with E-state index in [2.05, 4.69) is 10.3 Å². The van der Waals surface area contributed by atoms with E-state index in [0.717, 1.165) is 5.56 Å². The van der Waals surface area contributed by atoms with E-state index in [0.29, 0.717) is 11.6 Å². The van der Waals surface area contributed by atoms with E-state index in [-0.39, 0.29) is 5.84 Å². The zero-order valence-corrected chi connectivity index (χ0v) is 11.6. The van der Waals surface area contributed by atoms with E-state index in [1.165, 1.54) is 7.05 Å². The van der Waals surface area contributed by atoms with Gasteiger partial charge in [-0.05, 0) is 40.9 Å². The molecule has 0 radical (unpaired) electrons. The van der Waals surface area contributed by atoms with Gasteiger partial charge in [0.15, 0.2) is 0 Å². The van der Waals surface area contributed by atoms with Crippen LogP contribution in [0.2, 0.25) is 5.02 Å². The van der Waals surface area contributed by atoms with Gasteiger partial charge in [0.05, 0.1) is 4.92 Å². The zero-order chi connectivity index (χ0) is 13.8. The molecule has 0 fully saturated rings. The van der Waals surface area contributed by atoms with E-state index in [4.69, 9.17) is 34.8 Å². The number of amidine groups is 1. The first-order valence-electron chi connectivity index (χ1n) is 4.85. The zero-order valence-electron chi connectivity index (χ0n) is 9.36. The predicted octanol–water partition coefficient (Wildman–Crippen LogP) is 2.87. The molecule has 0 bridgehead atoms. The Morgan fingerprint density at radius 2 is 2.00 bits per heavy atom. The summed E-state index contributed by atoms with van der Waals surface area (Å²) in [6.45, 7) is 0.304. The first kappa shape index (κ1) is 15.0. The Morgan fingerprint density at radius 3 is 2.44 bits per heavy atom. The molecule has 0 saturated carbocycles. The molecule has 18 heavy (non-hydrogen) atoms. The summed E-state index contributed by atoms with van der Waals surface area (Å²) in [4.78, 5) is 13.5. The minimum atomic E-state index is -2.28. The molecule has 0 spiro atoms. The van der Waals surface area contributed by atoms with E-state index in [1.54, 1.807) is 24.3 Å². The lowest BCUT2D eigenvalue weighted by molar-refractivity contribution is -0.497. The van der Waals surface area contributed by atoms with Gasteiger partial charge < -0.3 is 5.32 Å². The molecule has 0 aliphatic rings. The number of nitrogens with one attached hydrogen (secondary N) is 1. The van der Waals surface area contributed by atoms with Crippen LogP contribution in [0.15, 0.2) is 29.3 Å². The lowest BCUT2D eigenvalue weighted by Crippen LogP contribution is -2.43. The van der Waals surface area contributed by atoms with Crippen LogP contribution in [0.4, 0.5) is 0 Å². The van der Waals surface area contributed by atoms with Crippen LogP contribution in [-0.4, -0.2) is 22.3 Å². The molecule has 0 heterocycles. The topological polar surface area (TPSA) is 67.5 Å². The van der Waals surface area contributed by atoms with Crippen molar-refractivity contribution in [2.24, 2.45) is 4.99 Å². The summed E-state index contributed by atoms with van der Waals surface area (Å²) < 4.78 is -2.28. The highest BCUT2D eigenvalue weighted by atomic mass is 35.5. The van der Waals surface area contributed by atoms with Crippen molar-refractivity contribution in [3.8, 4) is 0 Å². The molecule has 0 saturated heterocycles. The Balaban J connectivity index is 2.72. The van der Waals surface area contributed by atoms with Crippen molar-refractivity contribution in [2.75, 3.05) is 7.05 Å². The Labute approximate surface area is 119 Å². The number of benzene rings is 1. The molecule has 0 aromatic heterocycles. The van der Waals surface area contributed by atoms with Crippen LogP contribution in [0.1, 0.15) is 5.56 Å². The molecule has 1 aromatic rings. The van der Waals surface area contributed by atoms with Crippen LogP contribution >= 0.6 is 34.8 Å². The van der Waals surface area contributed by atoms with Gasteiger partial charge in [-0.15, -0.1) is 0 Å². The molecule has 0 atom stereocenters. The Bertz CT molecular complexity index is 460. The normalized spacial score (nSPS) is 12.3. The lowest BCUT2D eigenvalue weighted by Gasteiger charge is -2.15. The molecule has 1 aromatic carbocycles. The van der Waals surface area contributed by atoms with Crippen molar-refractivity contribution in [3.63, 3.8) is 0 Å². The Morgan fingerprint density at radius 1 is 1.44 bits per heavy atom. The molecule has 5 nitrogen and oxygen atoms in total. The summed E-state index contributed by atoms with van der Waals surface area (Å²) in [5, 5.41) is 14.0. The molecular formula is C10H10Cl3N3O2. The lowest BCUT2D eigenvalue weighted by atomic mass is 10.2. The number of nitro groups is 1. The van der Waals surface area contributed by atoms with Crippen LogP contribution in [0.25, 0.3) is 0 Å². The number of hydrogen-bond acceptors (Lipinski definition) is 3. The van der Waals surface area contributed by atoms with E-state index in [9.17, 15) is 10.1 Å². The summed E-state index contributed by atoms with van der Waals surface area (Å²) in [7, 11) is 1.37. The van der Waals surface area contributed by atoms with Crippen molar-refractivity contribution in [1.29, 1.82) is 0 Å². The smallest absolute Gasteiger partial charge is 0.361 e. The highest BCUT2D eigenvalue weighted by Crippen LogP contribution is 2.22. The number of aliphatic imine (C=N–C) groups is 1. The van der Waals surface area contributed by atoms with Gasteiger partial charge >= 0.3 is 4.46 Å². The number of nitrogens with zero attached hydrogens (tertiary/aromatic N) is 2. The molecule has 0 unspecified atom stereocenters. The van der Waals surface area contributed by atoms with E-state index >= 15 is 0 Å². The average molecular weight is 311 g/mol. The maximum Gasteiger partial charge on any atom is 0.427 e. The summed E-state index contributed by atoms with van der Waals surface area (Å²) >= 11 is 16.9. The summed E-state index contributed by atoms with van der Waals surface area (Å²) in [6, 6.07) is 6.98.